The molecule has 2 N–H and O–H groups in total. The van der Waals surface area contributed by atoms with Gasteiger partial charge >= 0.3 is 0 Å². The molecule has 0 aliphatic carbocycles. The largest absolute Gasteiger partial charge is 0.464 e. The van der Waals surface area contributed by atoms with Crippen LogP contribution in [0.4, 0.5) is 0 Å². The molecule has 4 aromatic rings. The topological polar surface area (TPSA) is 135 Å². The van der Waals surface area contributed by atoms with Crippen molar-refractivity contribution >= 4 is 45.9 Å². The molecule has 0 spiro atoms. The molecule has 12 heteroatoms. The molecule has 0 radical (unpaired) electrons. The van der Waals surface area contributed by atoms with Crippen LogP contribution in [0.5, 0.6) is 0 Å². The minimum atomic E-state index is -0.374. The molecule has 4 amide bonds. The number of carbonyl (C=O) groups excluding carboxylic acids is 4. The van der Waals surface area contributed by atoms with Gasteiger partial charge in [0.05, 0.1) is 46.2 Å². The second-order valence-electron chi connectivity index (χ2n) is 10.8. The number of hydrogen-bond donors (Lipinski definition) is 2. The molecule has 0 fully saturated rings. The SMILES string of the molecule is Cn1cccc1C1=C(c2ccco2)C(=O)N(CCNCCCNCCN2C(=O)C(c3ccco3)=C(c3cccn3C)C2=O)C1=O. The summed E-state index contributed by atoms with van der Waals surface area (Å²) in [6.07, 6.45) is 7.39. The van der Waals surface area contributed by atoms with Crippen LogP contribution in [0.1, 0.15) is 29.3 Å². The van der Waals surface area contributed by atoms with Gasteiger partial charge in [-0.3, -0.25) is 29.0 Å². The lowest BCUT2D eigenvalue weighted by Crippen LogP contribution is -2.39. The van der Waals surface area contributed by atoms with Crippen molar-refractivity contribution in [3.05, 3.63) is 96.4 Å². The molecule has 0 aromatic carbocycles. The normalized spacial score (nSPS) is 15.6. The molecule has 2 aliphatic heterocycles. The molecular weight excluding hydrogens is 576 g/mol. The number of furan rings is 2. The van der Waals surface area contributed by atoms with Crippen molar-refractivity contribution in [1.29, 1.82) is 0 Å². The molecule has 0 bridgehead atoms. The summed E-state index contributed by atoms with van der Waals surface area (Å²) in [6, 6.07) is 14.0. The molecule has 4 aromatic heterocycles. The molecule has 6 rings (SSSR count). The van der Waals surface area contributed by atoms with Crippen molar-refractivity contribution in [1.82, 2.24) is 29.6 Å². The maximum Gasteiger partial charge on any atom is 0.265 e. The van der Waals surface area contributed by atoms with E-state index in [0.29, 0.717) is 60.2 Å². The Balaban J connectivity index is 0.956. The van der Waals surface area contributed by atoms with Crippen molar-refractivity contribution in [2.75, 3.05) is 39.3 Å². The third-order valence-electron chi connectivity index (χ3n) is 8.00. The van der Waals surface area contributed by atoms with Crippen LogP contribution in [0.3, 0.4) is 0 Å². The number of nitrogens with zero attached hydrogens (tertiary/aromatic N) is 4. The summed E-state index contributed by atoms with van der Waals surface area (Å²) in [5.41, 5.74) is 2.53. The monoisotopic (exact) mass is 610 g/mol. The first-order valence-electron chi connectivity index (χ1n) is 14.8. The highest BCUT2D eigenvalue weighted by Crippen LogP contribution is 2.37. The van der Waals surface area contributed by atoms with Crippen LogP contribution < -0.4 is 10.6 Å². The fourth-order valence-corrected chi connectivity index (χ4v) is 5.74. The van der Waals surface area contributed by atoms with Gasteiger partial charge in [0.2, 0.25) is 0 Å². The van der Waals surface area contributed by atoms with E-state index in [0.717, 1.165) is 6.42 Å². The molecule has 45 heavy (non-hydrogen) atoms. The Labute approximate surface area is 259 Å². The van der Waals surface area contributed by atoms with Crippen LogP contribution in [0.25, 0.3) is 22.3 Å². The number of amides is 4. The molecule has 6 heterocycles. The Morgan fingerprint density at radius 1 is 0.556 bits per heavy atom. The van der Waals surface area contributed by atoms with Crippen LogP contribution in [-0.2, 0) is 33.3 Å². The van der Waals surface area contributed by atoms with Crippen LogP contribution >= 0.6 is 0 Å². The Bertz CT molecular complexity index is 1660. The van der Waals surface area contributed by atoms with Crippen LogP contribution in [0, 0.1) is 0 Å². The van der Waals surface area contributed by atoms with Gasteiger partial charge in [-0.25, -0.2) is 0 Å². The first kappa shape index (κ1) is 29.9. The maximum absolute atomic E-state index is 13.3. The van der Waals surface area contributed by atoms with Gasteiger partial charge in [0, 0.05) is 52.7 Å². The summed E-state index contributed by atoms with van der Waals surface area (Å²) < 4.78 is 14.6. The fourth-order valence-electron chi connectivity index (χ4n) is 5.74. The van der Waals surface area contributed by atoms with Crippen LogP contribution in [0.15, 0.2) is 82.3 Å². The molecule has 0 saturated heterocycles. The second kappa shape index (κ2) is 12.8. The second-order valence-corrected chi connectivity index (χ2v) is 10.8. The van der Waals surface area contributed by atoms with Gasteiger partial charge in [-0.2, -0.15) is 0 Å². The predicted molar refractivity (Wildman–Crippen MR) is 166 cm³/mol. The molecule has 0 atom stereocenters. The van der Waals surface area contributed by atoms with E-state index in [1.807, 2.05) is 59.9 Å². The highest BCUT2D eigenvalue weighted by atomic mass is 16.3. The van der Waals surface area contributed by atoms with E-state index in [-0.39, 0.29) is 47.9 Å². The minimum Gasteiger partial charge on any atom is -0.464 e. The van der Waals surface area contributed by atoms with Gasteiger partial charge in [-0.15, -0.1) is 0 Å². The molecule has 0 saturated carbocycles. The van der Waals surface area contributed by atoms with Crippen molar-refractivity contribution in [3.8, 4) is 0 Å². The average Bonchev–Trinajstić information content (AvgIpc) is 3.87. The lowest BCUT2D eigenvalue weighted by molar-refractivity contribution is -0.137. The standard InChI is InChI=1S/C33H34N6O6/c1-36-16-3-8-22(36)26-28(24-10-5-20-44-24)32(42)38(30(26)40)18-14-34-12-7-13-35-15-19-39-31(41)27(23-9-4-17-37(23)2)29(33(39)43)25-11-6-21-45-25/h3-6,8-11,16-17,20-21,34-35H,7,12-15,18-19H2,1-2H3. The number of carbonyl (C=O) groups is 4. The number of nitrogens with one attached hydrogen (secondary N) is 2. The third-order valence-corrected chi connectivity index (χ3v) is 8.00. The summed E-state index contributed by atoms with van der Waals surface area (Å²) in [6.45, 7) is 2.60. The Hall–Kier alpha value is -5.20. The number of rotatable bonds is 14. The molecule has 12 nitrogen and oxygen atoms in total. The van der Waals surface area contributed by atoms with Crippen LogP contribution in [-0.4, -0.2) is 81.8 Å². The first-order chi connectivity index (χ1) is 21.9. The highest BCUT2D eigenvalue weighted by Gasteiger charge is 2.42. The first-order valence-corrected chi connectivity index (χ1v) is 14.8. The Kier molecular flexibility index (Phi) is 8.49. The molecular formula is C33H34N6O6. The Morgan fingerprint density at radius 3 is 1.33 bits per heavy atom. The fraction of sp³-hybridized carbons (Fsp3) is 0.273. The lowest BCUT2D eigenvalue weighted by atomic mass is 10.1. The summed E-state index contributed by atoms with van der Waals surface area (Å²) in [5, 5.41) is 6.57. The zero-order chi connectivity index (χ0) is 31.5. The number of aryl methyl sites for hydroxylation is 2. The molecule has 2 aliphatic rings. The number of imide groups is 2. The molecule has 0 unspecified atom stereocenters. The average molecular weight is 611 g/mol. The van der Waals surface area contributed by atoms with Crippen molar-refractivity contribution in [2.45, 2.75) is 6.42 Å². The van der Waals surface area contributed by atoms with Gasteiger partial charge < -0.3 is 28.6 Å². The van der Waals surface area contributed by atoms with E-state index in [2.05, 4.69) is 10.6 Å². The van der Waals surface area contributed by atoms with E-state index in [1.165, 1.54) is 22.3 Å². The van der Waals surface area contributed by atoms with Crippen LogP contribution in [0.2, 0.25) is 0 Å². The van der Waals surface area contributed by atoms with Crippen molar-refractivity contribution < 1.29 is 28.0 Å². The summed E-state index contributed by atoms with van der Waals surface area (Å²) in [7, 11) is 3.66. The van der Waals surface area contributed by atoms with Gasteiger partial charge in [0.1, 0.15) is 11.5 Å². The van der Waals surface area contributed by atoms with E-state index in [1.54, 1.807) is 24.3 Å². The van der Waals surface area contributed by atoms with Crippen molar-refractivity contribution in [3.63, 3.8) is 0 Å². The smallest absolute Gasteiger partial charge is 0.265 e. The summed E-state index contributed by atoms with van der Waals surface area (Å²) in [4.78, 5) is 55.8. The van der Waals surface area contributed by atoms with E-state index in [4.69, 9.17) is 8.83 Å². The highest BCUT2D eigenvalue weighted by molar-refractivity contribution is 6.49. The maximum atomic E-state index is 13.3. The van der Waals surface area contributed by atoms with E-state index >= 15 is 0 Å². The minimum absolute atomic E-state index is 0.219. The third kappa shape index (κ3) is 5.61. The Morgan fingerprint density at radius 2 is 0.978 bits per heavy atom. The summed E-state index contributed by atoms with van der Waals surface area (Å²) in [5.74, 6) is -0.702. The van der Waals surface area contributed by atoms with Crippen molar-refractivity contribution in [2.24, 2.45) is 14.1 Å². The van der Waals surface area contributed by atoms with Gasteiger partial charge in [-0.05, 0) is 68.0 Å². The summed E-state index contributed by atoms with van der Waals surface area (Å²) >= 11 is 0. The van der Waals surface area contributed by atoms with Gasteiger partial charge in [0.25, 0.3) is 23.6 Å². The van der Waals surface area contributed by atoms with E-state index < -0.39 is 0 Å². The quantitative estimate of drug-likeness (QED) is 0.164. The molecule has 232 valence electrons. The van der Waals surface area contributed by atoms with Gasteiger partial charge in [0.15, 0.2) is 0 Å². The van der Waals surface area contributed by atoms with E-state index in [9.17, 15) is 19.2 Å². The zero-order valence-electron chi connectivity index (χ0n) is 25.1. The predicted octanol–water partition coefficient (Wildman–Crippen LogP) is 2.38. The zero-order valence-corrected chi connectivity index (χ0v) is 25.1. The lowest BCUT2D eigenvalue weighted by Gasteiger charge is -2.16. The van der Waals surface area contributed by atoms with Gasteiger partial charge in [-0.1, -0.05) is 0 Å². The number of hydrogen-bond acceptors (Lipinski definition) is 8. The number of aromatic nitrogens is 2.